The van der Waals surface area contributed by atoms with E-state index in [9.17, 15) is 14.9 Å². The first-order valence-electron chi connectivity index (χ1n) is 10.2. The number of carbonyl (C=O) groups is 1. The molecular formula is C22H27ClN4O3S. The fraction of sp³-hybridized carbons (Fsp3) is 0.364. The van der Waals surface area contributed by atoms with Crippen molar-refractivity contribution in [2.75, 3.05) is 13.6 Å². The molecule has 1 aliphatic heterocycles. The van der Waals surface area contributed by atoms with Crippen LogP contribution in [-0.2, 0) is 4.79 Å². The number of amides is 1. The monoisotopic (exact) mass is 462 g/mol. The van der Waals surface area contributed by atoms with Gasteiger partial charge in [-0.2, -0.15) is 0 Å². The summed E-state index contributed by atoms with van der Waals surface area (Å²) in [6.45, 7) is 4.68. The summed E-state index contributed by atoms with van der Waals surface area (Å²) in [4.78, 5) is 30.2. The largest absolute Gasteiger partial charge is 0.380 e. The van der Waals surface area contributed by atoms with E-state index >= 15 is 0 Å². The Labute approximate surface area is 192 Å². The number of allylic oxidation sites excluding steroid dienone is 3. The van der Waals surface area contributed by atoms with Gasteiger partial charge in [-0.15, -0.1) is 0 Å². The van der Waals surface area contributed by atoms with Crippen molar-refractivity contribution in [3.8, 4) is 0 Å². The zero-order valence-corrected chi connectivity index (χ0v) is 19.5. The van der Waals surface area contributed by atoms with Crippen LogP contribution >= 0.6 is 23.4 Å². The maximum Gasteiger partial charge on any atom is 0.288 e. The van der Waals surface area contributed by atoms with Gasteiger partial charge in [0.15, 0.2) is 5.17 Å². The Morgan fingerprint density at radius 2 is 2.00 bits per heavy atom. The number of benzene rings is 1. The molecule has 31 heavy (non-hydrogen) atoms. The van der Waals surface area contributed by atoms with Gasteiger partial charge in [-0.1, -0.05) is 44.0 Å². The predicted molar refractivity (Wildman–Crippen MR) is 128 cm³/mol. The number of amidine groups is 1. The summed E-state index contributed by atoms with van der Waals surface area (Å²) in [5, 5.41) is 15.9. The molecule has 2 rings (SSSR count). The third-order valence-electron chi connectivity index (χ3n) is 4.40. The standard InChI is InChI=1S/C22H27ClN4O3S/c1-4-6-15-24-18(8-5-2)19(27(29)30)9-7-10-20-21(28)26(3)22(31-20)25-17-13-11-16(23)12-14-17/h8-14,24H,4-7,15H2,1-3H3/b18-8+,19-9+,20-10-,25-22?. The second kappa shape index (κ2) is 12.3. The van der Waals surface area contributed by atoms with E-state index in [-0.39, 0.29) is 22.9 Å². The van der Waals surface area contributed by atoms with Gasteiger partial charge in [0, 0.05) is 18.6 Å². The number of nitrogens with one attached hydrogen (secondary N) is 1. The third kappa shape index (κ3) is 7.25. The van der Waals surface area contributed by atoms with Gasteiger partial charge < -0.3 is 5.32 Å². The summed E-state index contributed by atoms with van der Waals surface area (Å²) >= 11 is 7.14. The summed E-state index contributed by atoms with van der Waals surface area (Å²) in [7, 11) is 1.66. The van der Waals surface area contributed by atoms with Crippen LogP contribution in [0.3, 0.4) is 0 Å². The van der Waals surface area contributed by atoms with Gasteiger partial charge in [-0.05, 0) is 61.4 Å². The van der Waals surface area contributed by atoms with Crippen molar-refractivity contribution in [3.63, 3.8) is 0 Å². The van der Waals surface area contributed by atoms with Crippen LogP contribution in [0.1, 0.15) is 39.5 Å². The number of hydrogen-bond donors (Lipinski definition) is 1. The topological polar surface area (TPSA) is 87.8 Å². The number of aliphatic imine (C=N–C) groups is 1. The van der Waals surface area contributed by atoms with Crippen molar-refractivity contribution in [2.45, 2.75) is 39.5 Å². The van der Waals surface area contributed by atoms with Gasteiger partial charge in [0.2, 0.25) is 0 Å². The second-order valence-corrected chi connectivity index (χ2v) is 8.24. The van der Waals surface area contributed by atoms with Crippen LogP contribution in [0.15, 0.2) is 63.8 Å². The molecule has 0 spiro atoms. The van der Waals surface area contributed by atoms with E-state index in [1.165, 1.54) is 22.7 Å². The number of likely N-dealkylation sites (N-methyl/N-ethyl adjacent to an activating group) is 1. The van der Waals surface area contributed by atoms with Crippen molar-refractivity contribution in [1.29, 1.82) is 0 Å². The first-order valence-corrected chi connectivity index (χ1v) is 11.4. The molecule has 0 radical (unpaired) electrons. The maximum atomic E-state index is 12.5. The first kappa shape index (κ1) is 24.7. The van der Waals surface area contributed by atoms with Crippen LogP contribution < -0.4 is 5.32 Å². The van der Waals surface area contributed by atoms with E-state index in [2.05, 4.69) is 17.2 Å². The van der Waals surface area contributed by atoms with E-state index in [0.29, 0.717) is 39.4 Å². The van der Waals surface area contributed by atoms with Crippen LogP contribution in [0.5, 0.6) is 0 Å². The molecular weight excluding hydrogens is 436 g/mol. The average molecular weight is 463 g/mol. The zero-order chi connectivity index (χ0) is 22.8. The SMILES string of the molecule is CC/C=C(NCCCC)\C(=C/C/C=C1\SC(=Nc2ccc(Cl)cc2)N(C)C1=O)[N+](=O)[O-]. The number of carbonyl (C=O) groups excluding carboxylic acids is 1. The molecule has 1 heterocycles. The lowest BCUT2D eigenvalue weighted by Gasteiger charge is -2.08. The second-order valence-electron chi connectivity index (χ2n) is 6.79. The Morgan fingerprint density at radius 1 is 1.29 bits per heavy atom. The summed E-state index contributed by atoms with van der Waals surface area (Å²) < 4.78 is 0. The normalized spacial score (nSPS) is 17.7. The molecule has 9 heteroatoms. The average Bonchev–Trinajstić information content (AvgIpc) is 3.00. The van der Waals surface area contributed by atoms with Crippen molar-refractivity contribution in [3.05, 3.63) is 73.9 Å². The van der Waals surface area contributed by atoms with Crippen LogP contribution in [0.4, 0.5) is 5.69 Å². The van der Waals surface area contributed by atoms with Crippen molar-refractivity contribution in [2.24, 2.45) is 4.99 Å². The highest BCUT2D eigenvalue weighted by Crippen LogP contribution is 2.32. The van der Waals surface area contributed by atoms with Gasteiger partial charge in [0.25, 0.3) is 11.6 Å². The fourth-order valence-corrected chi connectivity index (χ4v) is 3.84. The molecule has 1 aromatic rings. The van der Waals surface area contributed by atoms with Crippen LogP contribution in [0.2, 0.25) is 5.02 Å². The molecule has 0 atom stereocenters. The van der Waals surface area contributed by atoms with E-state index in [1.54, 1.807) is 37.4 Å². The lowest BCUT2D eigenvalue weighted by Crippen LogP contribution is -2.23. The molecule has 1 N–H and O–H groups in total. The Bertz CT molecular complexity index is 923. The molecule has 0 saturated carbocycles. The van der Waals surface area contributed by atoms with Crippen LogP contribution in [-0.4, -0.2) is 34.5 Å². The van der Waals surface area contributed by atoms with Gasteiger partial charge in [-0.3, -0.25) is 19.8 Å². The van der Waals surface area contributed by atoms with E-state index in [0.717, 1.165) is 12.8 Å². The molecule has 1 aliphatic rings. The molecule has 1 fully saturated rings. The molecule has 1 amide bonds. The molecule has 0 aromatic heterocycles. The Kier molecular flexibility index (Phi) is 9.81. The minimum atomic E-state index is -0.387. The number of hydrogen-bond acceptors (Lipinski definition) is 6. The highest BCUT2D eigenvalue weighted by Gasteiger charge is 2.30. The van der Waals surface area contributed by atoms with Crippen molar-refractivity contribution in [1.82, 2.24) is 10.2 Å². The molecule has 7 nitrogen and oxygen atoms in total. The third-order valence-corrected chi connectivity index (χ3v) is 5.76. The van der Waals surface area contributed by atoms with Gasteiger partial charge in [0.05, 0.1) is 15.5 Å². The van der Waals surface area contributed by atoms with Crippen molar-refractivity contribution >= 4 is 40.1 Å². The zero-order valence-electron chi connectivity index (χ0n) is 17.9. The van der Waals surface area contributed by atoms with E-state index < -0.39 is 0 Å². The number of unbranched alkanes of at least 4 members (excludes halogenated alkanes) is 1. The Balaban J connectivity index is 2.17. The van der Waals surface area contributed by atoms with Gasteiger partial charge in [0.1, 0.15) is 5.70 Å². The molecule has 0 unspecified atom stereocenters. The Hall–Kier alpha value is -2.58. The van der Waals surface area contributed by atoms with Crippen molar-refractivity contribution < 1.29 is 9.72 Å². The lowest BCUT2D eigenvalue weighted by molar-refractivity contribution is -0.421. The molecule has 0 aliphatic carbocycles. The molecule has 1 aromatic carbocycles. The molecule has 0 bridgehead atoms. The highest BCUT2D eigenvalue weighted by atomic mass is 35.5. The van der Waals surface area contributed by atoms with E-state index in [1.807, 2.05) is 13.0 Å². The summed E-state index contributed by atoms with van der Waals surface area (Å²) in [6.07, 6.45) is 7.94. The number of nitrogens with zero attached hydrogens (tertiary/aromatic N) is 3. The highest BCUT2D eigenvalue weighted by molar-refractivity contribution is 8.18. The van der Waals surface area contributed by atoms with Gasteiger partial charge in [-0.25, -0.2) is 4.99 Å². The number of nitro groups is 1. The maximum absolute atomic E-state index is 12.5. The number of halogens is 1. The minimum absolute atomic E-state index is 0.0219. The number of rotatable bonds is 10. The first-order chi connectivity index (χ1) is 14.9. The predicted octanol–water partition coefficient (Wildman–Crippen LogP) is 5.65. The molecule has 166 valence electrons. The Morgan fingerprint density at radius 3 is 2.61 bits per heavy atom. The quantitative estimate of drug-likeness (QED) is 0.159. The summed E-state index contributed by atoms with van der Waals surface area (Å²) in [5.41, 5.74) is 1.23. The summed E-state index contributed by atoms with van der Waals surface area (Å²) in [6, 6.07) is 7.02. The van der Waals surface area contributed by atoms with Crippen LogP contribution in [0, 0.1) is 10.1 Å². The van der Waals surface area contributed by atoms with Crippen LogP contribution in [0.25, 0.3) is 0 Å². The summed E-state index contributed by atoms with van der Waals surface area (Å²) in [5.74, 6) is -0.181. The molecule has 1 saturated heterocycles. The fourth-order valence-electron chi connectivity index (χ4n) is 2.75. The van der Waals surface area contributed by atoms with Gasteiger partial charge >= 0.3 is 0 Å². The minimum Gasteiger partial charge on any atom is -0.380 e. The smallest absolute Gasteiger partial charge is 0.288 e. The van der Waals surface area contributed by atoms with E-state index in [4.69, 9.17) is 11.6 Å². The number of thioether (sulfide) groups is 1. The lowest BCUT2D eigenvalue weighted by atomic mass is 10.2.